The molecule has 72 valence electrons. The Morgan fingerprint density at radius 3 is 2.92 bits per heavy atom. The molecule has 0 radical (unpaired) electrons. The van der Waals surface area contributed by atoms with Crippen LogP contribution in [-0.2, 0) is 0 Å². The van der Waals surface area contributed by atoms with E-state index in [-0.39, 0.29) is 0 Å². The van der Waals surface area contributed by atoms with Gasteiger partial charge in [0.1, 0.15) is 0 Å². The monoisotopic (exact) mass is 179 g/mol. The Kier molecular flexibility index (Phi) is 7.84. The molecule has 0 saturated heterocycles. The Labute approximate surface area is 79.7 Å². The van der Waals surface area contributed by atoms with E-state index in [1.165, 1.54) is 0 Å². The van der Waals surface area contributed by atoms with Gasteiger partial charge in [0, 0.05) is 32.0 Å². The first-order valence-electron chi connectivity index (χ1n) is 4.16. The van der Waals surface area contributed by atoms with Crippen molar-refractivity contribution in [1.29, 1.82) is 0 Å². The van der Waals surface area contributed by atoms with E-state index < -0.39 is 0 Å². The van der Waals surface area contributed by atoms with E-state index in [1.54, 1.807) is 19.3 Å². The van der Waals surface area contributed by atoms with Crippen molar-refractivity contribution in [3.8, 4) is 0 Å². The minimum Gasteiger partial charge on any atom is -0.401 e. The van der Waals surface area contributed by atoms with Gasteiger partial charge in [-0.2, -0.15) is 0 Å². The molecule has 0 saturated carbocycles. The van der Waals surface area contributed by atoms with E-state index in [1.807, 2.05) is 18.2 Å². The highest BCUT2D eigenvalue weighted by Gasteiger charge is 1.85. The fourth-order valence-electron chi connectivity index (χ4n) is 0.689. The summed E-state index contributed by atoms with van der Waals surface area (Å²) in [5.41, 5.74) is 6.46. The molecule has 0 aromatic carbocycles. The number of nitrogens with one attached hydrogen (secondary N) is 1. The van der Waals surface area contributed by atoms with Gasteiger partial charge in [-0.1, -0.05) is 24.8 Å². The minimum absolute atomic E-state index is 0.674. The number of allylic oxidation sites excluding steroid dienone is 4. The van der Waals surface area contributed by atoms with Crippen LogP contribution in [-0.4, -0.2) is 26.4 Å². The highest BCUT2D eigenvalue weighted by atomic mass is 14.9. The fourth-order valence-corrected chi connectivity index (χ4v) is 0.689. The average molecular weight is 179 g/mol. The van der Waals surface area contributed by atoms with E-state index in [4.69, 9.17) is 5.73 Å². The van der Waals surface area contributed by atoms with E-state index in [0.29, 0.717) is 6.54 Å². The lowest BCUT2D eigenvalue weighted by molar-refractivity contribution is 0.831. The summed E-state index contributed by atoms with van der Waals surface area (Å²) >= 11 is 0. The highest BCUT2D eigenvalue weighted by Crippen LogP contribution is 1.83. The van der Waals surface area contributed by atoms with Crippen LogP contribution in [0.25, 0.3) is 0 Å². The van der Waals surface area contributed by atoms with Gasteiger partial charge in [-0.25, -0.2) is 0 Å². The van der Waals surface area contributed by atoms with Crippen LogP contribution in [0.5, 0.6) is 0 Å². The maximum Gasteiger partial charge on any atom is 0.0355 e. The standard InChI is InChI=1S/C10H17N3/c1-3-4-5-6-10(11)9-13-8-7-12-2/h3-7,13H,1,8-9,11H2,2H3/b5-4-,10-6-,12-7?. The molecule has 3 N–H and O–H groups in total. The Bertz CT molecular complexity index is 214. The summed E-state index contributed by atoms with van der Waals surface area (Å²) in [4.78, 5) is 3.83. The van der Waals surface area contributed by atoms with Gasteiger partial charge in [-0.3, -0.25) is 4.99 Å². The third-order valence-corrected chi connectivity index (χ3v) is 1.30. The summed E-state index contributed by atoms with van der Waals surface area (Å²) in [5.74, 6) is 0. The Hall–Kier alpha value is -1.35. The van der Waals surface area contributed by atoms with Crippen molar-refractivity contribution in [3.63, 3.8) is 0 Å². The van der Waals surface area contributed by atoms with Crippen molar-refractivity contribution in [1.82, 2.24) is 5.32 Å². The Balaban J connectivity index is 3.60. The fraction of sp³-hybridized carbons (Fsp3) is 0.300. The second-order valence-corrected chi connectivity index (χ2v) is 2.43. The second-order valence-electron chi connectivity index (χ2n) is 2.43. The molecule has 0 bridgehead atoms. The van der Waals surface area contributed by atoms with Crippen LogP contribution >= 0.6 is 0 Å². The van der Waals surface area contributed by atoms with Crippen LogP contribution in [0.4, 0.5) is 0 Å². The molecular weight excluding hydrogens is 162 g/mol. The van der Waals surface area contributed by atoms with Crippen LogP contribution in [0.1, 0.15) is 0 Å². The number of rotatable bonds is 6. The van der Waals surface area contributed by atoms with Gasteiger partial charge in [0.2, 0.25) is 0 Å². The van der Waals surface area contributed by atoms with E-state index >= 15 is 0 Å². The Morgan fingerprint density at radius 2 is 2.31 bits per heavy atom. The summed E-state index contributed by atoms with van der Waals surface area (Å²) in [6.45, 7) is 4.97. The van der Waals surface area contributed by atoms with Crippen molar-refractivity contribution in [2.24, 2.45) is 10.7 Å². The summed E-state index contributed by atoms with van der Waals surface area (Å²) in [5, 5.41) is 3.11. The molecule has 0 aromatic rings. The van der Waals surface area contributed by atoms with Gasteiger partial charge in [-0.15, -0.1) is 0 Å². The second kappa shape index (κ2) is 8.74. The van der Waals surface area contributed by atoms with Crippen LogP contribution in [0.3, 0.4) is 0 Å². The van der Waals surface area contributed by atoms with Gasteiger partial charge < -0.3 is 11.1 Å². The maximum absolute atomic E-state index is 5.67. The number of nitrogens with zero attached hydrogens (tertiary/aromatic N) is 1. The molecule has 0 aromatic heterocycles. The molecule has 0 amide bonds. The molecule has 0 fully saturated rings. The van der Waals surface area contributed by atoms with Gasteiger partial charge in [-0.05, 0) is 6.08 Å². The topological polar surface area (TPSA) is 50.4 Å². The average Bonchev–Trinajstić information content (AvgIpc) is 2.13. The van der Waals surface area contributed by atoms with Crippen LogP contribution in [0.15, 0.2) is 41.6 Å². The molecule has 0 aliphatic carbocycles. The first kappa shape index (κ1) is 11.6. The molecule has 0 aliphatic rings. The first-order chi connectivity index (χ1) is 6.31. The molecular formula is C10H17N3. The smallest absolute Gasteiger partial charge is 0.0355 e. The summed E-state index contributed by atoms with van der Waals surface area (Å²) in [6.07, 6.45) is 9.05. The SMILES string of the molecule is C=C/C=C\C=C(/N)CNCC=NC. The summed E-state index contributed by atoms with van der Waals surface area (Å²) in [6, 6.07) is 0. The highest BCUT2D eigenvalue weighted by molar-refractivity contribution is 5.59. The molecule has 0 aliphatic heterocycles. The molecule has 3 heteroatoms. The summed E-state index contributed by atoms with van der Waals surface area (Å²) < 4.78 is 0. The summed E-state index contributed by atoms with van der Waals surface area (Å²) in [7, 11) is 1.74. The van der Waals surface area contributed by atoms with Crippen molar-refractivity contribution >= 4 is 6.21 Å². The molecule has 0 rings (SSSR count). The van der Waals surface area contributed by atoms with Crippen molar-refractivity contribution in [2.75, 3.05) is 20.1 Å². The van der Waals surface area contributed by atoms with Gasteiger partial charge in [0.25, 0.3) is 0 Å². The Morgan fingerprint density at radius 1 is 1.54 bits per heavy atom. The van der Waals surface area contributed by atoms with E-state index in [9.17, 15) is 0 Å². The van der Waals surface area contributed by atoms with Crippen molar-refractivity contribution < 1.29 is 0 Å². The van der Waals surface area contributed by atoms with Crippen LogP contribution < -0.4 is 11.1 Å². The quantitative estimate of drug-likeness (QED) is 0.361. The third kappa shape index (κ3) is 8.56. The number of aliphatic imine (C=N–C) groups is 1. The minimum atomic E-state index is 0.674. The van der Waals surface area contributed by atoms with Gasteiger partial charge in [0.15, 0.2) is 0 Å². The van der Waals surface area contributed by atoms with E-state index in [0.717, 1.165) is 12.2 Å². The molecule has 0 unspecified atom stereocenters. The lowest BCUT2D eigenvalue weighted by Gasteiger charge is -1.99. The third-order valence-electron chi connectivity index (χ3n) is 1.30. The predicted octanol–water partition coefficient (Wildman–Crippen LogP) is 0.861. The number of hydrogen-bond donors (Lipinski definition) is 2. The number of hydrogen-bond acceptors (Lipinski definition) is 3. The molecule has 0 heterocycles. The predicted molar refractivity (Wildman–Crippen MR) is 58.9 cm³/mol. The molecule has 0 spiro atoms. The van der Waals surface area contributed by atoms with Crippen molar-refractivity contribution in [2.45, 2.75) is 0 Å². The largest absolute Gasteiger partial charge is 0.401 e. The van der Waals surface area contributed by atoms with E-state index in [2.05, 4.69) is 16.9 Å². The van der Waals surface area contributed by atoms with Crippen LogP contribution in [0, 0.1) is 0 Å². The zero-order valence-electron chi connectivity index (χ0n) is 8.03. The van der Waals surface area contributed by atoms with Gasteiger partial charge >= 0.3 is 0 Å². The van der Waals surface area contributed by atoms with Gasteiger partial charge in [0.05, 0.1) is 0 Å². The maximum atomic E-state index is 5.67. The molecule has 3 nitrogen and oxygen atoms in total. The normalized spacial score (nSPS) is 12.8. The van der Waals surface area contributed by atoms with Crippen LogP contribution in [0.2, 0.25) is 0 Å². The zero-order chi connectivity index (χ0) is 9.94. The lowest BCUT2D eigenvalue weighted by Crippen LogP contribution is -2.22. The number of nitrogens with two attached hydrogens (primary N) is 1. The molecule has 13 heavy (non-hydrogen) atoms. The van der Waals surface area contributed by atoms with Crippen molar-refractivity contribution in [3.05, 3.63) is 36.6 Å². The first-order valence-corrected chi connectivity index (χ1v) is 4.16. The lowest BCUT2D eigenvalue weighted by atomic mass is 10.3. The molecule has 0 atom stereocenters. The zero-order valence-corrected chi connectivity index (χ0v) is 8.03.